The van der Waals surface area contributed by atoms with Gasteiger partial charge >= 0.3 is 0 Å². The molecular formula is C19H24N2. The van der Waals surface area contributed by atoms with E-state index in [0.29, 0.717) is 0 Å². The minimum atomic E-state index is 0.816. The highest BCUT2D eigenvalue weighted by atomic mass is 15.3. The summed E-state index contributed by atoms with van der Waals surface area (Å²) in [5, 5.41) is 4.60. The van der Waals surface area contributed by atoms with Crippen molar-refractivity contribution in [2.75, 3.05) is 0 Å². The van der Waals surface area contributed by atoms with Gasteiger partial charge in [-0.05, 0) is 61.3 Å². The predicted molar refractivity (Wildman–Crippen MR) is 90.2 cm³/mol. The Bertz CT molecular complexity index is 585. The van der Waals surface area contributed by atoms with E-state index in [1.807, 2.05) is 0 Å². The third-order valence-corrected chi connectivity index (χ3v) is 4.45. The average molecular weight is 280 g/mol. The maximum atomic E-state index is 4.60. The third kappa shape index (κ3) is 3.44. The maximum Gasteiger partial charge on any atom is 0.0585 e. The molecule has 2 aliphatic carbocycles. The number of nitrogens with zero attached hydrogens (tertiary/aromatic N) is 1. The van der Waals surface area contributed by atoms with Crippen LogP contribution < -0.4 is 5.43 Å². The number of rotatable bonds is 4. The molecule has 0 aliphatic heterocycles. The van der Waals surface area contributed by atoms with E-state index in [1.54, 1.807) is 0 Å². The lowest BCUT2D eigenvalue weighted by Crippen LogP contribution is -2.13. The Balaban J connectivity index is 1.70. The Morgan fingerprint density at radius 2 is 1.90 bits per heavy atom. The first kappa shape index (κ1) is 14.1. The number of hydrogen-bond donors (Lipinski definition) is 1. The molecule has 2 nitrogen and oxygen atoms in total. The summed E-state index contributed by atoms with van der Waals surface area (Å²) in [6.07, 6.45) is 11.8. The van der Waals surface area contributed by atoms with Gasteiger partial charge in [0.2, 0.25) is 0 Å². The van der Waals surface area contributed by atoms with Crippen molar-refractivity contribution in [3.63, 3.8) is 0 Å². The van der Waals surface area contributed by atoms with Crippen LogP contribution in [0.15, 0.2) is 47.1 Å². The first-order valence-corrected chi connectivity index (χ1v) is 8.07. The van der Waals surface area contributed by atoms with Crippen molar-refractivity contribution in [1.29, 1.82) is 0 Å². The molecule has 1 aromatic rings. The van der Waals surface area contributed by atoms with Gasteiger partial charge in [-0.1, -0.05) is 42.8 Å². The number of benzene rings is 1. The van der Waals surface area contributed by atoms with E-state index in [4.69, 9.17) is 0 Å². The van der Waals surface area contributed by atoms with Gasteiger partial charge in [-0.15, -0.1) is 0 Å². The Kier molecular flexibility index (Phi) is 4.54. The van der Waals surface area contributed by atoms with Crippen molar-refractivity contribution < 1.29 is 0 Å². The van der Waals surface area contributed by atoms with Gasteiger partial charge in [0.05, 0.1) is 6.54 Å². The molecule has 0 spiro atoms. The van der Waals surface area contributed by atoms with Gasteiger partial charge < -0.3 is 5.43 Å². The zero-order chi connectivity index (χ0) is 14.5. The molecule has 0 heterocycles. The van der Waals surface area contributed by atoms with Gasteiger partial charge in [0.1, 0.15) is 0 Å². The second-order valence-electron chi connectivity index (χ2n) is 6.00. The molecule has 21 heavy (non-hydrogen) atoms. The quantitative estimate of drug-likeness (QED) is 0.785. The number of allylic oxidation sites excluding steroid dienone is 4. The summed E-state index contributed by atoms with van der Waals surface area (Å²) in [5.41, 5.74) is 10.2. The Labute approximate surface area is 127 Å². The van der Waals surface area contributed by atoms with E-state index < -0.39 is 0 Å². The predicted octanol–water partition coefficient (Wildman–Crippen LogP) is 4.83. The van der Waals surface area contributed by atoms with E-state index in [9.17, 15) is 0 Å². The normalized spacial score (nSPS) is 18.2. The molecule has 0 saturated heterocycles. The average Bonchev–Trinajstić information content (AvgIpc) is 2.95. The van der Waals surface area contributed by atoms with Crippen molar-refractivity contribution in [1.82, 2.24) is 5.43 Å². The van der Waals surface area contributed by atoms with Crippen LogP contribution in [0.2, 0.25) is 0 Å². The smallest absolute Gasteiger partial charge is 0.0585 e. The van der Waals surface area contributed by atoms with Crippen LogP contribution in [0, 0.1) is 0 Å². The summed E-state index contributed by atoms with van der Waals surface area (Å²) in [7, 11) is 0. The topological polar surface area (TPSA) is 24.4 Å². The van der Waals surface area contributed by atoms with E-state index in [0.717, 1.165) is 13.0 Å². The van der Waals surface area contributed by atoms with Crippen LogP contribution in [0.25, 0.3) is 5.57 Å². The molecule has 0 bridgehead atoms. The Morgan fingerprint density at radius 1 is 1.10 bits per heavy atom. The fraction of sp³-hybridized carbons (Fsp3) is 0.421. The molecule has 3 rings (SSSR count). The molecule has 0 atom stereocenters. The molecular weight excluding hydrogens is 256 g/mol. The SMILES string of the molecule is CC1=C(c2ccccc2CNN=C2CCCCC2)CC=C1. The Hall–Kier alpha value is -1.83. The highest BCUT2D eigenvalue weighted by Gasteiger charge is 2.12. The third-order valence-electron chi connectivity index (χ3n) is 4.45. The number of nitrogens with one attached hydrogen (secondary N) is 1. The molecule has 110 valence electrons. The second-order valence-corrected chi connectivity index (χ2v) is 6.00. The van der Waals surface area contributed by atoms with Crippen molar-refractivity contribution in [3.05, 3.63) is 53.1 Å². The van der Waals surface area contributed by atoms with Gasteiger partial charge in [0, 0.05) is 5.71 Å². The molecule has 1 aromatic carbocycles. The summed E-state index contributed by atoms with van der Waals surface area (Å²) in [4.78, 5) is 0. The molecule has 1 saturated carbocycles. The lowest BCUT2D eigenvalue weighted by atomic mass is 9.96. The molecule has 1 N–H and O–H groups in total. The number of hydrogen-bond acceptors (Lipinski definition) is 2. The molecule has 2 aliphatic rings. The van der Waals surface area contributed by atoms with Crippen molar-refractivity contribution >= 4 is 11.3 Å². The Morgan fingerprint density at radius 3 is 2.67 bits per heavy atom. The first-order valence-electron chi connectivity index (χ1n) is 8.07. The van der Waals surface area contributed by atoms with Crippen LogP contribution in [-0.2, 0) is 6.54 Å². The van der Waals surface area contributed by atoms with Gasteiger partial charge in [-0.2, -0.15) is 5.10 Å². The minimum Gasteiger partial charge on any atom is -0.306 e. The molecule has 2 heteroatoms. The second kappa shape index (κ2) is 6.75. The monoisotopic (exact) mass is 280 g/mol. The van der Waals surface area contributed by atoms with Crippen LogP contribution in [0.5, 0.6) is 0 Å². The zero-order valence-electron chi connectivity index (χ0n) is 12.9. The standard InChI is InChI=1S/C19H24N2/c1-15-8-7-13-18(15)19-12-6-5-9-16(19)14-20-21-17-10-3-2-4-11-17/h5-9,12,20H,2-4,10-11,13-14H2,1H3. The fourth-order valence-corrected chi connectivity index (χ4v) is 3.21. The van der Waals surface area contributed by atoms with Crippen LogP contribution in [0.4, 0.5) is 0 Å². The van der Waals surface area contributed by atoms with Gasteiger partial charge in [0.25, 0.3) is 0 Å². The molecule has 0 aromatic heterocycles. The van der Waals surface area contributed by atoms with Crippen molar-refractivity contribution in [3.8, 4) is 0 Å². The first-order chi connectivity index (χ1) is 10.3. The zero-order valence-corrected chi connectivity index (χ0v) is 12.9. The summed E-state index contributed by atoms with van der Waals surface area (Å²) < 4.78 is 0. The van der Waals surface area contributed by atoms with Crippen LogP contribution in [0.1, 0.15) is 56.6 Å². The van der Waals surface area contributed by atoms with Crippen molar-refractivity contribution in [2.45, 2.75) is 52.0 Å². The molecule has 0 radical (unpaired) electrons. The maximum absolute atomic E-state index is 4.60. The summed E-state index contributed by atoms with van der Waals surface area (Å²) in [6, 6.07) is 8.69. The van der Waals surface area contributed by atoms with Gasteiger partial charge in [0.15, 0.2) is 0 Å². The summed E-state index contributed by atoms with van der Waals surface area (Å²) in [6.45, 7) is 3.02. The summed E-state index contributed by atoms with van der Waals surface area (Å²) >= 11 is 0. The van der Waals surface area contributed by atoms with Gasteiger partial charge in [-0.3, -0.25) is 0 Å². The van der Waals surface area contributed by atoms with Crippen LogP contribution >= 0.6 is 0 Å². The lowest BCUT2D eigenvalue weighted by Gasteiger charge is -2.14. The van der Waals surface area contributed by atoms with Gasteiger partial charge in [-0.25, -0.2) is 0 Å². The molecule has 1 fully saturated rings. The molecule has 0 amide bonds. The highest BCUT2D eigenvalue weighted by molar-refractivity contribution is 5.84. The van der Waals surface area contributed by atoms with E-state index in [1.165, 1.54) is 60.1 Å². The molecule has 0 unspecified atom stereocenters. The van der Waals surface area contributed by atoms with E-state index in [2.05, 4.69) is 53.9 Å². The van der Waals surface area contributed by atoms with Crippen LogP contribution in [-0.4, -0.2) is 5.71 Å². The van der Waals surface area contributed by atoms with E-state index in [-0.39, 0.29) is 0 Å². The summed E-state index contributed by atoms with van der Waals surface area (Å²) in [5.74, 6) is 0. The lowest BCUT2D eigenvalue weighted by molar-refractivity contribution is 0.646. The largest absolute Gasteiger partial charge is 0.306 e. The fourth-order valence-electron chi connectivity index (χ4n) is 3.21. The minimum absolute atomic E-state index is 0.816. The van der Waals surface area contributed by atoms with E-state index >= 15 is 0 Å². The van der Waals surface area contributed by atoms with Crippen molar-refractivity contribution in [2.24, 2.45) is 5.10 Å². The highest BCUT2D eigenvalue weighted by Crippen LogP contribution is 2.30. The van der Waals surface area contributed by atoms with Crippen LogP contribution in [0.3, 0.4) is 0 Å². The number of hydrazone groups is 1.